The van der Waals surface area contributed by atoms with Crippen LogP contribution in [0.1, 0.15) is 251 Å². The highest BCUT2D eigenvalue weighted by atomic mass is 15.1. The molecule has 46 heavy (non-hydrogen) atoms. The van der Waals surface area contributed by atoms with E-state index >= 15 is 0 Å². The summed E-state index contributed by atoms with van der Waals surface area (Å²) < 4.78 is 5.28. The first-order chi connectivity index (χ1) is 22.8. The minimum Gasteiger partial charge on any atom is -0.234 e. The first-order valence-electron chi connectivity index (χ1n) is 21.9. The molecule has 2 heteroatoms. The van der Waals surface area contributed by atoms with Crippen molar-refractivity contribution in [3.05, 3.63) is 18.2 Å². The van der Waals surface area contributed by atoms with Gasteiger partial charge in [-0.2, -0.15) is 0 Å². The number of imidazole rings is 1. The van der Waals surface area contributed by atoms with Gasteiger partial charge >= 0.3 is 0 Å². The molecule has 2 nitrogen and oxygen atoms in total. The normalized spacial score (nSPS) is 11.6. The number of aromatic nitrogens is 2. The number of hydrogen-bond acceptors (Lipinski definition) is 0. The average molecular weight is 644 g/mol. The zero-order valence-corrected chi connectivity index (χ0v) is 32.4. The molecule has 1 aromatic heterocycles. The molecule has 1 rings (SSSR count). The summed E-state index contributed by atoms with van der Waals surface area (Å²) in [6, 6.07) is 0. The lowest BCUT2D eigenvalue weighted by molar-refractivity contribution is -0.704. The summed E-state index contributed by atoms with van der Waals surface area (Å²) in [5.74, 6) is 1.63. The van der Waals surface area contributed by atoms with E-state index in [4.69, 9.17) is 0 Å². The molecule has 0 aliphatic carbocycles. The minimum atomic E-state index is 1.23. The van der Waals surface area contributed by atoms with E-state index in [0.29, 0.717) is 0 Å². The van der Waals surface area contributed by atoms with Crippen molar-refractivity contribution < 1.29 is 4.57 Å². The molecule has 272 valence electrons. The Kier molecular flexibility index (Phi) is 33.4. The molecule has 0 N–H and O–H groups in total. The molecular weight excluding hydrogens is 556 g/mol. The van der Waals surface area contributed by atoms with Crippen LogP contribution in [0.2, 0.25) is 0 Å². The summed E-state index contributed by atoms with van der Waals surface area (Å²) in [4.78, 5) is 0. The van der Waals surface area contributed by atoms with Crippen molar-refractivity contribution in [1.82, 2.24) is 4.57 Å². The number of aryl methyl sites for hydroxylation is 2. The van der Waals surface area contributed by atoms with E-state index in [1.807, 2.05) is 0 Å². The lowest BCUT2D eigenvalue weighted by Gasteiger charge is -2.07. The second kappa shape index (κ2) is 35.5. The van der Waals surface area contributed by atoms with Crippen molar-refractivity contribution in [2.75, 3.05) is 0 Å². The molecule has 1 heterocycles. The Morgan fingerprint density at radius 2 is 0.674 bits per heavy atom. The molecule has 0 spiro atoms. The van der Waals surface area contributed by atoms with E-state index in [-0.39, 0.29) is 0 Å². The van der Waals surface area contributed by atoms with Crippen LogP contribution < -0.4 is 4.57 Å². The molecular formula is C44H87N2+. The summed E-state index contributed by atoms with van der Waals surface area (Å²) in [5.41, 5.74) is 0. The zero-order valence-electron chi connectivity index (χ0n) is 32.4. The van der Waals surface area contributed by atoms with Crippen LogP contribution in [0.4, 0.5) is 0 Å². The fourth-order valence-corrected chi connectivity index (χ4v) is 7.39. The molecule has 0 unspecified atom stereocenters. The molecule has 0 saturated carbocycles. The quantitative estimate of drug-likeness (QED) is 0.0501. The van der Waals surface area contributed by atoms with E-state index < -0.39 is 0 Å². The Bertz CT molecular complexity index is 667. The summed E-state index contributed by atoms with van der Waals surface area (Å²) in [6.07, 6.45) is 56.4. The van der Waals surface area contributed by atoms with Crippen LogP contribution in [0, 0.1) is 0 Å². The van der Waals surface area contributed by atoms with Gasteiger partial charge < -0.3 is 0 Å². The van der Waals surface area contributed by atoms with Crippen LogP contribution in [0.15, 0.2) is 12.4 Å². The Hall–Kier alpha value is -0.790. The van der Waals surface area contributed by atoms with Gasteiger partial charge in [-0.05, 0) is 32.1 Å². The number of unbranched alkanes of at least 4 members (excludes halogenated alkanes) is 32. The number of hydrogen-bond donors (Lipinski definition) is 0. The fraction of sp³-hybridized carbons (Fsp3) is 0.932. The molecule has 0 aliphatic rings. The molecule has 0 saturated heterocycles. The van der Waals surface area contributed by atoms with Crippen LogP contribution in [-0.4, -0.2) is 4.57 Å². The monoisotopic (exact) mass is 644 g/mol. The van der Waals surface area contributed by atoms with E-state index in [1.165, 1.54) is 244 Å². The minimum absolute atomic E-state index is 1.23. The second-order valence-electron chi connectivity index (χ2n) is 15.2. The topological polar surface area (TPSA) is 8.81 Å². The van der Waals surface area contributed by atoms with Crippen molar-refractivity contribution in [2.45, 2.75) is 265 Å². The molecule has 0 atom stereocenters. The molecule has 0 radical (unpaired) electrons. The van der Waals surface area contributed by atoms with Gasteiger partial charge in [-0.1, -0.05) is 213 Å². The standard InChI is InChI=1S/C44H87N2/c1-4-7-10-13-16-19-20-21-22-23-24-25-26-27-30-33-36-39-44-45(40-37-34-31-28-17-14-11-8-5-2)42-43-46(44)41-38-35-32-29-18-15-12-9-6-3/h42-43H,4-41H2,1-3H3/q+1. The van der Waals surface area contributed by atoms with Gasteiger partial charge in [0.25, 0.3) is 5.82 Å². The third-order valence-corrected chi connectivity index (χ3v) is 10.6. The molecule has 0 aliphatic heterocycles. The second-order valence-corrected chi connectivity index (χ2v) is 15.2. The van der Waals surface area contributed by atoms with Crippen LogP contribution in [0.3, 0.4) is 0 Å². The highest BCUT2D eigenvalue weighted by Gasteiger charge is 2.16. The van der Waals surface area contributed by atoms with Gasteiger partial charge in [0.2, 0.25) is 0 Å². The van der Waals surface area contributed by atoms with Gasteiger partial charge in [0, 0.05) is 6.42 Å². The molecule has 0 bridgehead atoms. The maximum absolute atomic E-state index is 2.64. The highest BCUT2D eigenvalue weighted by Crippen LogP contribution is 2.16. The van der Waals surface area contributed by atoms with Crippen LogP contribution in [0.25, 0.3) is 0 Å². The van der Waals surface area contributed by atoms with Crippen molar-refractivity contribution in [3.63, 3.8) is 0 Å². The van der Waals surface area contributed by atoms with Gasteiger partial charge in [-0.15, -0.1) is 0 Å². The first kappa shape index (κ1) is 43.2. The largest absolute Gasteiger partial charge is 0.256 e. The van der Waals surface area contributed by atoms with Crippen LogP contribution in [-0.2, 0) is 19.5 Å². The number of rotatable bonds is 38. The van der Waals surface area contributed by atoms with Crippen LogP contribution >= 0.6 is 0 Å². The highest BCUT2D eigenvalue weighted by molar-refractivity contribution is 4.84. The van der Waals surface area contributed by atoms with Gasteiger partial charge in [0.1, 0.15) is 12.4 Å². The van der Waals surface area contributed by atoms with E-state index in [0.717, 1.165) is 0 Å². The van der Waals surface area contributed by atoms with Gasteiger partial charge in [0.05, 0.1) is 13.1 Å². The zero-order chi connectivity index (χ0) is 33.0. The van der Waals surface area contributed by atoms with Crippen molar-refractivity contribution >= 4 is 0 Å². The maximum atomic E-state index is 2.64. The predicted molar refractivity (Wildman–Crippen MR) is 207 cm³/mol. The first-order valence-corrected chi connectivity index (χ1v) is 21.9. The van der Waals surface area contributed by atoms with Gasteiger partial charge in [-0.25, -0.2) is 9.13 Å². The molecule has 0 aromatic carbocycles. The smallest absolute Gasteiger partial charge is 0.234 e. The molecule has 1 aromatic rings. The van der Waals surface area contributed by atoms with E-state index in [1.54, 1.807) is 5.82 Å². The summed E-state index contributed by atoms with van der Waals surface area (Å²) in [5, 5.41) is 0. The Balaban J connectivity index is 2.23. The third-order valence-electron chi connectivity index (χ3n) is 10.6. The van der Waals surface area contributed by atoms with Crippen molar-refractivity contribution in [2.24, 2.45) is 0 Å². The summed E-state index contributed by atoms with van der Waals surface area (Å²) in [7, 11) is 0. The fourth-order valence-electron chi connectivity index (χ4n) is 7.39. The van der Waals surface area contributed by atoms with E-state index in [9.17, 15) is 0 Å². The lowest BCUT2D eigenvalue weighted by Crippen LogP contribution is -2.37. The average Bonchev–Trinajstić information content (AvgIpc) is 3.45. The Labute approximate surface area is 291 Å². The maximum Gasteiger partial charge on any atom is 0.256 e. The number of nitrogens with zero attached hydrogens (tertiary/aromatic N) is 2. The van der Waals surface area contributed by atoms with E-state index in [2.05, 4.69) is 42.3 Å². The SMILES string of the molecule is CCCCCCCCCCCCCCCCCCCc1n(CCCCCCCCCCC)cc[n+]1CCCCCCCCCCC. The lowest BCUT2D eigenvalue weighted by atomic mass is 10.0. The molecule has 0 fully saturated rings. The summed E-state index contributed by atoms with van der Waals surface area (Å²) in [6.45, 7) is 9.41. The van der Waals surface area contributed by atoms with Crippen LogP contribution in [0.5, 0.6) is 0 Å². The van der Waals surface area contributed by atoms with Gasteiger partial charge in [-0.3, -0.25) is 0 Å². The van der Waals surface area contributed by atoms with Gasteiger partial charge in [0.15, 0.2) is 0 Å². The Morgan fingerprint density at radius 3 is 1.04 bits per heavy atom. The third kappa shape index (κ3) is 27.2. The van der Waals surface area contributed by atoms with Crippen molar-refractivity contribution in [1.29, 1.82) is 0 Å². The van der Waals surface area contributed by atoms with Crippen molar-refractivity contribution in [3.8, 4) is 0 Å². The summed E-state index contributed by atoms with van der Waals surface area (Å²) >= 11 is 0. The molecule has 0 amide bonds. The Morgan fingerprint density at radius 1 is 0.370 bits per heavy atom. The predicted octanol–water partition coefficient (Wildman–Crippen LogP) is 15.0.